The summed E-state index contributed by atoms with van der Waals surface area (Å²) in [6, 6.07) is 0.240. The molecule has 2 N–H and O–H groups in total. The number of guanidine groups is 1. The van der Waals surface area contributed by atoms with Crippen molar-refractivity contribution in [2.75, 3.05) is 38.2 Å². The lowest BCUT2D eigenvalue weighted by molar-refractivity contribution is 0.00701. The Labute approximate surface area is 132 Å². The molecule has 122 valence electrons. The molecule has 0 aromatic carbocycles. The highest BCUT2D eigenvalue weighted by Gasteiger charge is 2.34. The highest BCUT2D eigenvalue weighted by molar-refractivity contribution is 7.98. The quantitative estimate of drug-likeness (QED) is 0.457. The first-order valence-electron chi connectivity index (χ1n) is 7.37. The standard InChI is InChI=1S/C14H28N4O2S/c1-6-15-12(16-7-8-21-5)17-11-9-18(10-11)13(19)20-14(2,3)4/h11H,6-10H2,1-5H3,(H2,15,16,17). The van der Waals surface area contributed by atoms with E-state index in [0.29, 0.717) is 13.1 Å². The largest absolute Gasteiger partial charge is 0.444 e. The monoisotopic (exact) mass is 316 g/mol. The van der Waals surface area contributed by atoms with Crippen LogP contribution >= 0.6 is 11.8 Å². The molecule has 0 bridgehead atoms. The van der Waals surface area contributed by atoms with Gasteiger partial charge in [0.1, 0.15) is 5.60 Å². The van der Waals surface area contributed by atoms with Gasteiger partial charge in [0.15, 0.2) is 5.96 Å². The van der Waals surface area contributed by atoms with Crippen molar-refractivity contribution >= 4 is 23.8 Å². The van der Waals surface area contributed by atoms with Crippen molar-refractivity contribution in [3.05, 3.63) is 0 Å². The van der Waals surface area contributed by atoms with Crippen LogP contribution in [0.3, 0.4) is 0 Å². The third-order valence-corrected chi connectivity index (χ3v) is 3.37. The van der Waals surface area contributed by atoms with Gasteiger partial charge in [-0.25, -0.2) is 4.79 Å². The van der Waals surface area contributed by atoms with Crippen molar-refractivity contribution in [3.8, 4) is 0 Å². The topological polar surface area (TPSA) is 66.0 Å². The van der Waals surface area contributed by atoms with Crippen LogP contribution in [0, 0.1) is 0 Å². The number of carbonyl (C=O) groups is 1. The van der Waals surface area contributed by atoms with Gasteiger partial charge in [-0.1, -0.05) is 0 Å². The predicted molar refractivity (Wildman–Crippen MR) is 89.1 cm³/mol. The number of thioether (sulfide) groups is 1. The number of rotatable bonds is 5. The van der Waals surface area contributed by atoms with Crippen molar-refractivity contribution in [2.24, 2.45) is 4.99 Å². The molecule has 1 amide bonds. The van der Waals surface area contributed by atoms with Gasteiger partial charge < -0.3 is 20.3 Å². The number of ether oxygens (including phenoxy) is 1. The minimum absolute atomic E-state index is 0.240. The van der Waals surface area contributed by atoms with Crippen molar-refractivity contribution in [3.63, 3.8) is 0 Å². The molecule has 1 aliphatic rings. The molecular formula is C14H28N4O2S. The fourth-order valence-electron chi connectivity index (χ4n) is 1.81. The molecule has 0 aromatic rings. The van der Waals surface area contributed by atoms with E-state index in [-0.39, 0.29) is 12.1 Å². The van der Waals surface area contributed by atoms with Gasteiger partial charge in [-0.3, -0.25) is 4.99 Å². The van der Waals surface area contributed by atoms with Crippen molar-refractivity contribution in [1.29, 1.82) is 0 Å². The summed E-state index contributed by atoms with van der Waals surface area (Å²) >= 11 is 1.78. The van der Waals surface area contributed by atoms with E-state index in [0.717, 1.165) is 24.8 Å². The Morgan fingerprint density at radius 3 is 2.62 bits per heavy atom. The number of nitrogens with one attached hydrogen (secondary N) is 2. The van der Waals surface area contributed by atoms with Crippen molar-refractivity contribution in [2.45, 2.75) is 39.3 Å². The number of carbonyl (C=O) groups excluding carboxylic acids is 1. The number of likely N-dealkylation sites (tertiary alicyclic amines) is 1. The Bertz CT molecular complexity index is 362. The van der Waals surface area contributed by atoms with Gasteiger partial charge in [-0.15, -0.1) is 0 Å². The number of nitrogens with zero attached hydrogens (tertiary/aromatic N) is 2. The molecule has 0 unspecified atom stereocenters. The molecule has 1 rings (SSSR count). The van der Waals surface area contributed by atoms with E-state index in [4.69, 9.17) is 4.74 Å². The van der Waals surface area contributed by atoms with Gasteiger partial charge >= 0.3 is 6.09 Å². The summed E-state index contributed by atoms with van der Waals surface area (Å²) in [5.41, 5.74) is -0.441. The van der Waals surface area contributed by atoms with Crippen LogP contribution in [0.1, 0.15) is 27.7 Å². The molecule has 0 radical (unpaired) electrons. The third-order valence-electron chi connectivity index (χ3n) is 2.78. The highest BCUT2D eigenvalue weighted by Crippen LogP contribution is 2.15. The second kappa shape index (κ2) is 8.36. The molecule has 1 fully saturated rings. The van der Waals surface area contributed by atoms with Crippen LogP contribution in [0.15, 0.2) is 4.99 Å². The molecule has 6 nitrogen and oxygen atoms in total. The van der Waals surface area contributed by atoms with Gasteiger partial charge in [0.05, 0.1) is 12.6 Å². The minimum atomic E-state index is -0.441. The Morgan fingerprint density at radius 1 is 1.43 bits per heavy atom. The lowest BCUT2D eigenvalue weighted by Gasteiger charge is -2.40. The van der Waals surface area contributed by atoms with Crippen LogP contribution in [0.5, 0.6) is 0 Å². The maximum Gasteiger partial charge on any atom is 0.410 e. The molecule has 0 saturated carbocycles. The summed E-state index contributed by atoms with van der Waals surface area (Å²) in [6.45, 7) is 10.6. The lowest BCUT2D eigenvalue weighted by atomic mass is 10.1. The van der Waals surface area contributed by atoms with Crippen LogP contribution in [0.4, 0.5) is 4.79 Å². The summed E-state index contributed by atoms with van der Waals surface area (Å²) in [5.74, 6) is 1.83. The second-order valence-electron chi connectivity index (χ2n) is 5.98. The Balaban J connectivity index is 2.34. The number of hydrogen-bond donors (Lipinski definition) is 2. The zero-order chi connectivity index (χ0) is 15.9. The summed E-state index contributed by atoms with van der Waals surface area (Å²) in [7, 11) is 0. The first-order chi connectivity index (χ1) is 9.85. The third kappa shape index (κ3) is 6.93. The first kappa shape index (κ1) is 17.9. The van der Waals surface area contributed by atoms with E-state index in [1.165, 1.54) is 0 Å². The molecule has 1 saturated heterocycles. The van der Waals surface area contributed by atoms with E-state index < -0.39 is 5.60 Å². The summed E-state index contributed by atoms with van der Waals surface area (Å²) in [6.07, 6.45) is 1.82. The van der Waals surface area contributed by atoms with Gasteiger partial charge in [-0.2, -0.15) is 11.8 Å². The fourth-order valence-corrected chi connectivity index (χ4v) is 2.08. The Hall–Kier alpha value is -1.11. The predicted octanol–water partition coefficient (Wildman–Crippen LogP) is 1.52. The van der Waals surface area contributed by atoms with Crippen LogP contribution in [-0.4, -0.2) is 66.8 Å². The minimum Gasteiger partial charge on any atom is -0.444 e. The fraction of sp³-hybridized carbons (Fsp3) is 0.857. The molecule has 1 aliphatic heterocycles. The molecule has 21 heavy (non-hydrogen) atoms. The molecule has 0 aliphatic carbocycles. The molecule has 1 heterocycles. The van der Waals surface area contributed by atoms with Crippen molar-refractivity contribution in [1.82, 2.24) is 15.5 Å². The molecule has 0 spiro atoms. The van der Waals surface area contributed by atoms with E-state index in [1.807, 2.05) is 27.7 Å². The van der Waals surface area contributed by atoms with Crippen LogP contribution < -0.4 is 10.6 Å². The normalized spacial score (nSPS) is 16.4. The molecule has 7 heteroatoms. The van der Waals surface area contributed by atoms with Gasteiger partial charge in [-0.05, 0) is 34.0 Å². The Kier molecular flexibility index (Phi) is 7.14. The first-order valence-corrected chi connectivity index (χ1v) is 8.76. The average Bonchev–Trinajstić information content (AvgIpc) is 2.30. The molecule has 0 atom stereocenters. The smallest absolute Gasteiger partial charge is 0.410 e. The van der Waals surface area contributed by atoms with E-state index in [9.17, 15) is 4.79 Å². The maximum absolute atomic E-state index is 11.8. The maximum atomic E-state index is 11.8. The Morgan fingerprint density at radius 2 is 2.10 bits per heavy atom. The van der Waals surface area contributed by atoms with Crippen LogP contribution in [-0.2, 0) is 4.74 Å². The van der Waals surface area contributed by atoms with E-state index in [1.54, 1.807) is 16.7 Å². The molecule has 0 aromatic heterocycles. The lowest BCUT2D eigenvalue weighted by Crippen LogP contribution is -2.63. The second-order valence-corrected chi connectivity index (χ2v) is 6.97. The van der Waals surface area contributed by atoms with Crippen LogP contribution in [0.25, 0.3) is 0 Å². The van der Waals surface area contributed by atoms with E-state index in [2.05, 4.69) is 21.9 Å². The summed E-state index contributed by atoms with van der Waals surface area (Å²) in [5, 5.41) is 6.56. The zero-order valence-corrected chi connectivity index (χ0v) is 14.5. The number of amides is 1. The van der Waals surface area contributed by atoms with Gasteiger partial charge in [0, 0.05) is 25.4 Å². The highest BCUT2D eigenvalue weighted by atomic mass is 32.2. The van der Waals surface area contributed by atoms with E-state index >= 15 is 0 Å². The summed E-state index contributed by atoms with van der Waals surface area (Å²) < 4.78 is 5.33. The number of aliphatic imine (C=N–C) groups is 1. The van der Waals surface area contributed by atoms with Gasteiger partial charge in [0.2, 0.25) is 0 Å². The average molecular weight is 316 g/mol. The van der Waals surface area contributed by atoms with Gasteiger partial charge in [0.25, 0.3) is 0 Å². The number of hydrogen-bond acceptors (Lipinski definition) is 4. The summed E-state index contributed by atoms with van der Waals surface area (Å²) in [4.78, 5) is 18.0. The van der Waals surface area contributed by atoms with Crippen LogP contribution in [0.2, 0.25) is 0 Å². The molecular weight excluding hydrogens is 288 g/mol. The van der Waals surface area contributed by atoms with Crippen molar-refractivity contribution < 1.29 is 9.53 Å². The zero-order valence-electron chi connectivity index (χ0n) is 13.7. The SMILES string of the molecule is CCNC(=NCCSC)NC1CN(C(=O)OC(C)(C)C)C1.